The van der Waals surface area contributed by atoms with Crippen molar-refractivity contribution in [2.75, 3.05) is 0 Å². The summed E-state index contributed by atoms with van der Waals surface area (Å²) in [6.45, 7) is 0. The Morgan fingerprint density at radius 2 is 1.65 bits per heavy atom. The van der Waals surface area contributed by atoms with Crippen molar-refractivity contribution >= 4 is 0 Å². The molecule has 2 fully saturated rings. The van der Waals surface area contributed by atoms with Gasteiger partial charge in [-0.05, 0) is 55.9 Å². The van der Waals surface area contributed by atoms with E-state index in [0.29, 0.717) is 11.8 Å². The molecular formula is C16H17FN2O. The van der Waals surface area contributed by atoms with E-state index in [1.165, 1.54) is 30.7 Å². The summed E-state index contributed by atoms with van der Waals surface area (Å²) in [6.07, 6.45) is 4.62. The zero-order valence-electron chi connectivity index (χ0n) is 11.5. The minimum Gasteiger partial charge on any atom is -0.284 e. The topological polar surface area (TPSA) is 26.9 Å². The van der Waals surface area contributed by atoms with Crippen molar-refractivity contribution in [1.82, 2.24) is 9.36 Å². The molecule has 2 aliphatic carbocycles. The van der Waals surface area contributed by atoms with Gasteiger partial charge in [-0.3, -0.25) is 9.48 Å². The minimum atomic E-state index is -0.277. The van der Waals surface area contributed by atoms with Crippen LogP contribution in [0.5, 0.6) is 0 Å². The summed E-state index contributed by atoms with van der Waals surface area (Å²) >= 11 is 0. The average Bonchev–Trinajstić information content (AvgIpc) is 3.31. The Morgan fingerprint density at radius 1 is 1.05 bits per heavy atom. The lowest BCUT2D eigenvalue weighted by molar-refractivity contribution is 0.607. The minimum absolute atomic E-state index is 0.0866. The molecule has 0 unspecified atom stereocenters. The van der Waals surface area contributed by atoms with Crippen molar-refractivity contribution in [2.24, 2.45) is 7.05 Å². The van der Waals surface area contributed by atoms with Crippen LogP contribution in [0.15, 0.2) is 29.1 Å². The molecule has 2 aliphatic rings. The first-order valence-electron chi connectivity index (χ1n) is 7.24. The Morgan fingerprint density at radius 3 is 2.20 bits per heavy atom. The van der Waals surface area contributed by atoms with E-state index in [-0.39, 0.29) is 11.4 Å². The molecule has 1 aromatic carbocycles. The maximum Gasteiger partial charge on any atom is 0.275 e. The molecular weight excluding hydrogens is 255 g/mol. The van der Waals surface area contributed by atoms with E-state index in [2.05, 4.69) is 0 Å². The molecule has 0 spiro atoms. The molecule has 2 aromatic rings. The predicted octanol–water partition coefficient (Wildman–Crippen LogP) is 3.07. The third-order valence-electron chi connectivity index (χ3n) is 4.37. The highest BCUT2D eigenvalue weighted by atomic mass is 19.1. The Labute approximate surface area is 116 Å². The Balaban J connectivity index is 1.93. The molecule has 1 aromatic heterocycles. The standard InChI is InChI=1S/C16H17FN2O/c1-18-15(11-4-5-11)14(10-2-3-10)16(20)19(18)13-8-6-12(17)7-9-13/h6-11H,2-5H2,1H3. The van der Waals surface area contributed by atoms with Gasteiger partial charge in [-0.15, -0.1) is 0 Å². The molecule has 0 N–H and O–H groups in total. The van der Waals surface area contributed by atoms with Gasteiger partial charge in [0.05, 0.1) is 5.69 Å². The van der Waals surface area contributed by atoms with Gasteiger partial charge >= 0.3 is 0 Å². The van der Waals surface area contributed by atoms with Crippen LogP contribution in [0.25, 0.3) is 5.69 Å². The zero-order chi connectivity index (χ0) is 13.9. The smallest absolute Gasteiger partial charge is 0.275 e. The summed E-state index contributed by atoms with van der Waals surface area (Å²) in [4.78, 5) is 12.8. The SMILES string of the molecule is Cn1c(C2CC2)c(C2CC2)c(=O)n1-c1ccc(F)cc1. The summed E-state index contributed by atoms with van der Waals surface area (Å²) in [5.41, 5.74) is 3.05. The van der Waals surface area contributed by atoms with Gasteiger partial charge in [0.25, 0.3) is 5.56 Å². The van der Waals surface area contributed by atoms with E-state index in [9.17, 15) is 9.18 Å². The number of halogens is 1. The molecule has 104 valence electrons. The number of aromatic nitrogens is 2. The second-order valence-electron chi connectivity index (χ2n) is 5.96. The number of nitrogens with zero attached hydrogens (tertiary/aromatic N) is 2. The highest BCUT2D eigenvalue weighted by Crippen LogP contribution is 2.48. The zero-order valence-corrected chi connectivity index (χ0v) is 11.5. The molecule has 0 bridgehead atoms. The maximum atomic E-state index is 13.1. The van der Waals surface area contributed by atoms with Crippen LogP contribution in [0.3, 0.4) is 0 Å². The van der Waals surface area contributed by atoms with Gasteiger partial charge in [-0.2, -0.15) is 0 Å². The molecule has 2 saturated carbocycles. The fourth-order valence-electron chi connectivity index (χ4n) is 3.11. The first-order chi connectivity index (χ1) is 9.66. The maximum absolute atomic E-state index is 13.1. The molecule has 0 aliphatic heterocycles. The lowest BCUT2D eigenvalue weighted by Gasteiger charge is -2.09. The van der Waals surface area contributed by atoms with E-state index < -0.39 is 0 Å². The summed E-state index contributed by atoms with van der Waals surface area (Å²) in [5.74, 6) is 0.719. The highest BCUT2D eigenvalue weighted by Gasteiger charge is 2.38. The van der Waals surface area contributed by atoms with Gasteiger partial charge < -0.3 is 0 Å². The van der Waals surface area contributed by atoms with Crippen molar-refractivity contribution in [2.45, 2.75) is 37.5 Å². The summed E-state index contributed by atoms with van der Waals surface area (Å²) in [7, 11) is 1.95. The fraction of sp³-hybridized carbons (Fsp3) is 0.438. The van der Waals surface area contributed by atoms with Crippen molar-refractivity contribution < 1.29 is 4.39 Å². The van der Waals surface area contributed by atoms with Crippen LogP contribution in [-0.2, 0) is 7.05 Å². The second kappa shape index (κ2) is 4.08. The summed E-state index contributed by atoms with van der Waals surface area (Å²) < 4.78 is 16.8. The molecule has 0 amide bonds. The molecule has 0 atom stereocenters. The molecule has 1 heterocycles. The lowest BCUT2D eigenvalue weighted by atomic mass is 10.1. The summed E-state index contributed by atoms with van der Waals surface area (Å²) in [6, 6.07) is 6.15. The van der Waals surface area contributed by atoms with E-state index >= 15 is 0 Å². The normalized spacial score (nSPS) is 18.5. The quantitative estimate of drug-likeness (QED) is 0.843. The van der Waals surface area contributed by atoms with Gasteiger partial charge in [0, 0.05) is 24.2 Å². The predicted molar refractivity (Wildman–Crippen MR) is 74.9 cm³/mol. The molecule has 3 nitrogen and oxygen atoms in total. The number of rotatable bonds is 3. The number of hydrogen-bond donors (Lipinski definition) is 0. The van der Waals surface area contributed by atoms with E-state index in [1.807, 2.05) is 11.7 Å². The van der Waals surface area contributed by atoms with Crippen LogP contribution in [-0.4, -0.2) is 9.36 Å². The van der Waals surface area contributed by atoms with Crippen LogP contribution >= 0.6 is 0 Å². The molecule has 0 radical (unpaired) electrons. The van der Waals surface area contributed by atoms with Gasteiger partial charge in [0.1, 0.15) is 5.82 Å². The van der Waals surface area contributed by atoms with Crippen molar-refractivity contribution in [1.29, 1.82) is 0 Å². The molecule has 4 rings (SSSR count). The number of benzene rings is 1. The van der Waals surface area contributed by atoms with Crippen LogP contribution in [0.1, 0.15) is 48.8 Å². The van der Waals surface area contributed by atoms with E-state index in [1.54, 1.807) is 16.8 Å². The molecule has 20 heavy (non-hydrogen) atoms. The third kappa shape index (κ3) is 1.74. The van der Waals surface area contributed by atoms with Crippen LogP contribution in [0, 0.1) is 5.82 Å². The second-order valence-corrected chi connectivity index (χ2v) is 5.96. The van der Waals surface area contributed by atoms with E-state index in [0.717, 1.165) is 24.1 Å². The van der Waals surface area contributed by atoms with Crippen LogP contribution in [0.2, 0.25) is 0 Å². The average molecular weight is 272 g/mol. The molecule has 4 heteroatoms. The number of hydrogen-bond acceptors (Lipinski definition) is 1. The van der Waals surface area contributed by atoms with Crippen LogP contribution < -0.4 is 5.56 Å². The Hall–Kier alpha value is -1.84. The van der Waals surface area contributed by atoms with Gasteiger partial charge in [-0.1, -0.05) is 0 Å². The first-order valence-corrected chi connectivity index (χ1v) is 7.24. The highest BCUT2D eigenvalue weighted by molar-refractivity contribution is 5.38. The fourth-order valence-corrected chi connectivity index (χ4v) is 3.11. The first kappa shape index (κ1) is 11.9. The van der Waals surface area contributed by atoms with Crippen molar-refractivity contribution in [3.63, 3.8) is 0 Å². The largest absolute Gasteiger partial charge is 0.284 e. The lowest BCUT2D eigenvalue weighted by Crippen LogP contribution is -2.20. The van der Waals surface area contributed by atoms with Gasteiger partial charge in [0.15, 0.2) is 0 Å². The van der Waals surface area contributed by atoms with Crippen molar-refractivity contribution in [3.05, 3.63) is 51.7 Å². The monoisotopic (exact) mass is 272 g/mol. The summed E-state index contributed by atoms with van der Waals surface area (Å²) in [5, 5.41) is 0. The van der Waals surface area contributed by atoms with E-state index in [4.69, 9.17) is 0 Å². The molecule has 0 saturated heterocycles. The van der Waals surface area contributed by atoms with Gasteiger partial charge in [-0.25, -0.2) is 9.07 Å². The Bertz CT molecular complexity index is 718. The third-order valence-corrected chi connectivity index (χ3v) is 4.37. The Kier molecular flexibility index (Phi) is 2.43. The van der Waals surface area contributed by atoms with Gasteiger partial charge in [0.2, 0.25) is 0 Å². The van der Waals surface area contributed by atoms with Crippen molar-refractivity contribution in [3.8, 4) is 5.69 Å². The van der Waals surface area contributed by atoms with Crippen LogP contribution in [0.4, 0.5) is 4.39 Å².